The molecular formula is C20H17ClN4O6. The molecule has 0 saturated heterocycles. The van der Waals surface area contributed by atoms with E-state index in [1.165, 1.54) is 18.2 Å². The normalized spacial score (nSPS) is 10.5. The zero-order valence-electron chi connectivity index (χ0n) is 16.3. The number of nitrogens with zero attached hydrogens (tertiary/aromatic N) is 3. The van der Waals surface area contributed by atoms with E-state index in [-0.39, 0.29) is 30.1 Å². The van der Waals surface area contributed by atoms with Gasteiger partial charge in [-0.3, -0.25) is 19.7 Å². The number of anilines is 1. The number of aromatic nitrogens is 2. The molecule has 0 unspecified atom stereocenters. The Morgan fingerprint density at radius 2 is 1.97 bits per heavy atom. The largest absolute Gasteiger partial charge is 0.456 e. The molecule has 3 rings (SSSR count). The fraction of sp³-hybridized carbons (Fsp3) is 0.200. The van der Waals surface area contributed by atoms with Crippen LogP contribution in [-0.4, -0.2) is 33.5 Å². The van der Waals surface area contributed by atoms with Crippen molar-refractivity contribution < 1.29 is 23.8 Å². The summed E-state index contributed by atoms with van der Waals surface area (Å²) in [5.41, 5.74) is 1.47. The molecule has 1 N–H and O–H groups in total. The van der Waals surface area contributed by atoms with E-state index >= 15 is 0 Å². The van der Waals surface area contributed by atoms with Crippen molar-refractivity contribution in [2.24, 2.45) is 0 Å². The number of benzene rings is 2. The lowest BCUT2D eigenvalue weighted by Gasteiger charge is -2.08. The highest BCUT2D eigenvalue weighted by Crippen LogP contribution is 2.22. The van der Waals surface area contributed by atoms with Crippen molar-refractivity contribution in [3.8, 4) is 11.4 Å². The van der Waals surface area contributed by atoms with Crippen LogP contribution in [0.2, 0.25) is 5.02 Å². The number of nitro groups is 1. The Kier molecular flexibility index (Phi) is 6.93. The molecule has 0 atom stereocenters. The van der Waals surface area contributed by atoms with Gasteiger partial charge in [0.1, 0.15) is 0 Å². The monoisotopic (exact) mass is 444 g/mol. The number of carbonyl (C=O) groups is 2. The lowest BCUT2D eigenvalue weighted by molar-refractivity contribution is -0.384. The summed E-state index contributed by atoms with van der Waals surface area (Å²) < 4.78 is 10.0. The third kappa shape index (κ3) is 6.09. The van der Waals surface area contributed by atoms with Gasteiger partial charge in [-0.05, 0) is 36.8 Å². The van der Waals surface area contributed by atoms with Crippen LogP contribution in [0.25, 0.3) is 11.4 Å². The van der Waals surface area contributed by atoms with E-state index < -0.39 is 23.4 Å². The number of carbonyl (C=O) groups excluding carboxylic acids is 2. The van der Waals surface area contributed by atoms with Crippen LogP contribution in [0, 0.1) is 17.0 Å². The molecule has 1 aromatic heterocycles. The van der Waals surface area contributed by atoms with Crippen molar-refractivity contribution in [3.05, 3.63) is 69.1 Å². The maximum atomic E-state index is 12.0. The van der Waals surface area contributed by atoms with Crippen LogP contribution in [0.1, 0.15) is 17.9 Å². The lowest BCUT2D eigenvalue weighted by Crippen LogP contribution is -2.21. The molecule has 0 aliphatic heterocycles. The van der Waals surface area contributed by atoms with Gasteiger partial charge < -0.3 is 14.6 Å². The topological polar surface area (TPSA) is 137 Å². The molecule has 2 aromatic carbocycles. The predicted molar refractivity (Wildman–Crippen MR) is 110 cm³/mol. The first kappa shape index (κ1) is 21.9. The summed E-state index contributed by atoms with van der Waals surface area (Å²) in [5, 5.41) is 17.8. The number of rotatable bonds is 8. The number of non-ortho nitro benzene ring substituents is 1. The summed E-state index contributed by atoms with van der Waals surface area (Å²) in [4.78, 5) is 38.4. The Balaban J connectivity index is 1.46. The molecule has 0 aliphatic rings. The highest BCUT2D eigenvalue weighted by molar-refractivity contribution is 6.30. The third-order valence-electron chi connectivity index (χ3n) is 4.18. The number of halogens is 1. The molecule has 3 aromatic rings. The van der Waals surface area contributed by atoms with Crippen molar-refractivity contribution in [2.45, 2.75) is 19.8 Å². The lowest BCUT2D eigenvalue weighted by atomic mass is 10.2. The minimum Gasteiger partial charge on any atom is -0.456 e. The average molecular weight is 445 g/mol. The molecule has 0 radical (unpaired) electrons. The van der Waals surface area contributed by atoms with Crippen LogP contribution in [-0.2, 0) is 20.7 Å². The fourth-order valence-electron chi connectivity index (χ4n) is 2.54. The first-order valence-electron chi connectivity index (χ1n) is 9.11. The summed E-state index contributed by atoms with van der Waals surface area (Å²) >= 11 is 5.84. The van der Waals surface area contributed by atoms with Crippen LogP contribution >= 0.6 is 11.6 Å². The van der Waals surface area contributed by atoms with E-state index in [1.807, 2.05) is 0 Å². The first-order valence-corrected chi connectivity index (χ1v) is 9.48. The zero-order valence-corrected chi connectivity index (χ0v) is 17.1. The van der Waals surface area contributed by atoms with Crippen LogP contribution in [0.3, 0.4) is 0 Å². The number of ether oxygens (including phenoxy) is 1. The second kappa shape index (κ2) is 9.81. The van der Waals surface area contributed by atoms with Crippen LogP contribution < -0.4 is 5.32 Å². The average Bonchev–Trinajstić information content (AvgIpc) is 3.21. The Labute approximate surface area is 181 Å². The van der Waals surface area contributed by atoms with Gasteiger partial charge in [0.2, 0.25) is 11.7 Å². The van der Waals surface area contributed by atoms with E-state index in [0.29, 0.717) is 16.4 Å². The molecule has 0 aliphatic carbocycles. The van der Waals surface area contributed by atoms with Crippen molar-refractivity contribution in [2.75, 3.05) is 11.9 Å². The number of aryl methyl sites for hydroxylation is 2. The van der Waals surface area contributed by atoms with Gasteiger partial charge in [0.25, 0.3) is 11.6 Å². The molecule has 160 valence electrons. The van der Waals surface area contributed by atoms with Crippen molar-refractivity contribution in [1.29, 1.82) is 0 Å². The molecular weight excluding hydrogens is 428 g/mol. The second-order valence-electron chi connectivity index (χ2n) is 6.48. The molecule has 0 spiro atoms. The number of hydrogen-bond donors (Lipinski definition) is 1. The number of esters is 1. The SMILES string of the molecule is Cc1ccc([N+](=O)[O-])cc1NC(=O)COC(=O)CCc1nc(-c2ccc(Cl)cc2)no1. The minimum absolute atomic E-state index is 0.0641. The molecule has 11 heteroatoms. The molecule has 31 heavy (non-hydrogen) atoms. The molecule has 0 bridgehead atoms. The predicted octanol–water partition coefficient (Wildman–Crippen LogP) is 3.72. The number of amides is 1. The quantitative estimate of drug-likeness (QED) is 0.315. The van der Waals surface area contributed by atoms with E-state index in [9.17, 15) is 19.7 Å². The third-order valence-corrected chi connectivity index (χ3v) is 4.44. The molecule has 0 saturated carbocycles. The zero-order chi connectivity index (χ0) is 22.4. The highest BCUT2D eigenvalue weighted by atomic mass is 35.5. The molecule has 1 heterocycles. The smallest absolute Gasteiger partial charge is 0.306 e. The van der Waals surface area contributed by atoms with E-state index in [4.69, 9.17) is 20.9 Å². The van der Waals surface area contributed by atoms with Gasteiger partial charge in [-0.1, -0.05) is 22.8 Å². The highest BCUT2D eigenvalue weighted by Gasteiger charge is 2.14. The van der Waals surface area contributed by atoms with Crippen LogP contribution in [0.15, 0.2) is 47.0 Å². The van der Waals surface area contributed by atoms with Crippen molar-refractivity contribution >= 4 is 34.9 Å². The molecule has 1 amide bonds. The summed E-state index contributed by atoms with van der Waals surface area (Å²) in [7, 11) is 0. The Bertz CT molecular complexity index is 1110. The molecule has 10 nitrogen and oxygen atoms in total. The Morgan fingerprint density at radius 3 is 2.68 bits per heavy atom. The van der Waals surface area contributed by atoms with Gasteiger partial charge in [-0.15, -0.1) is 0 Å². The summed E-state index contributed by atoms with van der Waals surface area (Å²) in [6.45, 7) is 1.16. The van der Waals surface area contributed by atoms with Gasteiger partial charge in [-0.2, -0.15) is 4.98 Å². The number of nitrogens with one attached hydrogen (secondary N) is 1. The Morgan fingerprint density at radius 1 is 1.23 bits per heavy atom. The fourth-order valence-corrected chi connectivity index (χ4v) is 2.67. The standard InChI is InChI=1S/C20H17ClN4O6/c1-12-2-7-15(25(28)29)10-16(12)22-17(26)11-30-19(27)9-8-18-23-20(24-31-18)13-3-5-14(21)6-4-13/h2-7,10H,8-9,11H2,1H3,(H,22,26). The minimum atomic E-state index is -0.628. The number of hydrogen-bond acceptors (Lipinski definition) is 8. The summed E-state index contributed by atoms with van der Waals surface area (Å²) in [5.74, 6) is -0.623. The van der Waals surface area contributed by atoms with Crippen LogP contribution in [0.4, 0.5) is 11.4 Å². The molecule has 0 fully saturated rings. The summed E-state index contributed by atoms with van der Waals surface area (Å²) in [6, 6.07) is 11.0. The second-order valence-corrected chi connectivity index (χ2v) is 6.92. The Hall–Kier alpha value is -3.79. The van der Waals surface area contributed by atoms with Gasteiger partial charge in [0.15, 0.2) is 6.61 Å². The van der Waals surface area contributed by atoms with Crippen LogP contribution in [0.5, 0.6) is 0 Å². The van der Waals surface area contributed by atoms with E-state index in [0.717, 1.165) is 5.56 Å². The van der Waals surface area contributed by atoms with Gasteiger partial charge >= 0.3 is 5.97 Å². The van der Waals surface area contributed by atoms with Gasteiger partial charge in [0, 0.05) is 29.1 Å². The van der Waals surface area contributed by atoms with Crippen molar-refractivity contribution in [1.82, 2.24) is 10.1 Å². The summed E-state index contributed by atoms with van der Waals surface area (Å²) in [6.07, 6.45) is 0.0798. The first-order chi connectivity index (χ1) is 14.8. The maximum Gasteiger partial charge on any atom is 0.306 e. The maximum absolute atomic E-state index is 12.0. The van der Waals surface area contributed by atoms with Crippen molar-refractivity contribution in [3.63, 3.8) is 0 Å². The van der Waals surface area contributed by atoms with Gasteiger partial charge in [0.05, 0.1) is 17.0 Å². The van der Waals surface area contributed by atoms with E-state index in [2.05, 4.69) is 15.5 Å². The van der Waals surface area contributed by atoms with E-state index in [1.54, 1.807) is 31.2 Å². The van der Waals surface area contributed by atoms with Gasteiger partial charge in [-0.25, -0.2) is 0 Å². The number of nitro benzene ring substituents is 1.